The summed E-state index contributed by atoms with van der Waals surface area (Å²) in [6.07, 6.45) is 1.70. The standard InChI is InChI=1S/C12H15N5OS/c1-17(2)8-3-4-10(14-6-8)16-12(18)9-7-19-11(5-13)15-9/h3-4,6-7H,5,13H2,1-2H3,(H,14,16,18). The number of nitrogens with zero attached hydrogens (tertiary/aromatic N) is 3. The molecule has 2 aromatic rings. The minimum absolute atomic E-state index is 0.277. The van der Waals surface area contributed by atoms with E-state index in [1.54, 1.807) is 17.6 Å². The summed E-state index contributed by atoms with van der Waals surface area (Å²) in [5.41, 5.74) is 6.79. The number of nitrogens with two attached hydrogens (primary N) is 1. The maximum atomic E-state index is 11.9. The topological polar surface area (TPSA) is 84.1 Å². The maximum Gasteiger partial charge on any atom is 0.276 e. The molecule has 0 saturated heterocycles. The van der Waals surface area contributed by atoms with Crippen molar-refractivity contribution in [3.8, 4) is 0 Å². The Morgan fingerprint density at radius 1 is 1.47 bits per heavy atom. The van der Waals surface area contributed by atoms with Crippen molar-refractivity contribution in [1.82, 2.24) is 9.97 Å². The van der Waals surface area contributed by atoms with Crippen LogP contribution in [0.4, 0.5) is 11.5 Å². The van der Waals surface area contributed by atoms with Crippen molar-refractivity contribution < 1.29 is 4.79 Å². The number of nitrogens with one attached hydrogen (secondary N) is 1. The molecule has 0 radical (unpaired) electrons. The highest BCUT2D eigenvalue weighted by atomic mass is 32.1. The van der Waals surface area contributed by atoms with Crippen LogP contribution in [0, 0.1) is 0 Å². The summed E-state index contributed by atoms with van der Waals surface area (Å²) in [6.45, 7) is 0.341. The molecule has 0 saturated carbocycles. The number of anilines is 2. The minimum Gasteiger partial charge on any atom is -0.376 e. The van der Waals surface area contributed by atoms with E-state index in [0.717, 1.165) is 10.7 Å². The van der Waals surface area contributed by atoms with Crippen LogP contribution in [0.1, 0.15) is 15.5 Å². The van der Waals surface area contributed by atoms with Crippen LogP contribution < -0.4 is 16.0 Å². The van der Waals surface area contributed by atoms with Gasteiger partial charge in [-0.3, -0.25) is 4.79 Å². The van der Waals surface area contributed by atoms with E-state index in [1.165, 1.54) is 11.3 Å². The number of carbonyl (C=O) groups excluding carboxylic acids is 1. The van der Waals surface area contributed by atoms with E-state index in [1.807, 2.05) is 25.1 Å². The van der Waals surface area contributed by atoms with Gasteiger partial charge in [0.05, 0.1) is 11.9 Å². The lowest BCUT2D eigenvalue weighted by molar-refractivity contribution is 0.102. The highest BCUT2D eigenvalue weighted by Crippen LogP contribution is 2.14. The van der Waals surface area contributed by atoms with Crippen molar-refractivity contribution in [2.24, 2.45) is 5.73 Å². The Morgan fingerprint density at radius 2 is 2.26 bits per heavy atom. The average molecular weight is 277 g/mol. The average Bonchev–Trinajstić information content (AvgIpc) is 2.88. The Morgan fingerprint density at radius 3 is 2.79 bits per heavy atom. The normalized spacial score (nSPS) is 10.3. The Bertz CT molecular complexity index is 564. The second kappa shape index (κ2) is 5.77. The van der Waals surface area contributed by atoms with Gasteiger partial charge < -0.3 is 16.0 Å². The molecule has 0 fully saturated rings. The third kappa shape index (κ3) is 3.27. The summed E-state index contributed by atoms with van der Waals surface area (Å²) < 4.78 is 0. The van der Waals surface area contributed by atoms with Crippen LogP contribution in [0.2, 0.25) is 0 Å². The van der Waals surface area contributed by atoms with E-state index in [4.69, 9.17) is 5.73 Å². The molecule has 2 heterocycles. The summed E-state index contributed by atoms with van der Waals surface area (Å²) in [5.74, 6) is 0.221. The molecule has 0 bridgehead atoms. The van der Waals surface area contributed by atoms with E-state index in [0.29, 0.717) is 18.1 Å². The largest absolute Gasteiger partial charge is 0.376 e. The van der Waals surface area contributed by atoms with Crippen LogP contribution in [0.15, 0.2) is 23.7 Å². The zero-order valence-electron chi connectivity index (χ0n) is 10.8. The summed E-state index contributed by atoms with van der Waals surface area (Å²) in [4.78, 5) is 22.1. The van der Waals surface area contributed by atoms with Crippen molar-refractivity contribution in [3.63, 3.8) is 0 Å². The number of rotatable bonds is 4. The minimum atomic E-state index is -0.277. The molecule has 7 heteroatoms. The molecular formula is C12H15N5OS. The molecule has 0 aliphatic heterocycles. The third-order valence-corrected chi connectivity index (χ3v) is 3.34. The molecule has 2 rings (SSSR count). The summed E-state index contributed by atoms with van der Waals surface area (Å²) >= 11 is 1.37. The van der Waals surface area contributed by atoms with Gasteiger partial charge in [-0.15, -0.1) is 11.3 Å². The molecule has 0 atom stereocenters. The second-order valence-corrected chi connectivity index (χ2v) is 5.02. The van der Waals surface area contributed by atoms with Gasteiger partial charge >= 0.3 is 0 Å². The SMILES string of the molecule is CN(C)c1ccc(NC(=O)c2csc(CN)n2)nc1. The monoisotopic (exact) mass is 277 g/mol. The van der Waals surface area contributed by atoms with E-state index >= 15 is 0 Å². The lowest BCUT2D eigenvalue weighted by Crippen LogP contribution is -2.14. The summed E-state index contributed by atoms with van der Waals surface area (Å²) in [7, 11) is 3.86. The van der Waals surface area contributed by atoms with Crippen molar-refractivity contribution >= 4 is 28.7 Å². The van der Waals surface area contributed by atoms with Crippen LogP contribution in [0.3, 0.4) is 0 Å². The molecule has 0 spiro atoms. The lowest BCUT2D eigenvalue weighted by atomic mass is 10.3. The fourth-order valence-electron chi connectivity index (χ4n) is 1.41. The highest BCUT2D eigenvalue weighted by Gasteiger charge is 2.11. The van der Waals surface area contributed by atoms with Crippen molar-refractivity contribution in [3.05, 3.63) is 34.4 Å². The van der Waals surface area contributed by atoms with Gasteiger partial charge in [-0.2, -0.15) is 0 Å². The molecule has 19 heavy (non-hydrogen) atoms. The molecule has 6 nitrogen and oxygen atoms in total. The van der Waals surface area contributed by atoms with Gasteiger partial charge in [0.2, 0.25) is 0 Å². The molecule has 0 aromatic carbocycles. The quantitative estimate of drug-likeness (QED) is 0.880. The third-order valence-electron chi connectivity index (χ3n) is 2.46. The zero-order chi connectivity index (χ0) is 13.8. The molecule has 3 N–H and O–H groups in total. The van der Waals surface area contributed by atoms with Crippen LogP contribution in [0.5, 0.6) is 0 Å². The van der Waals surface area contributed by atoms with E-state index in [2.05, 4.69) is 15.3 Å². The van der Waals surface area contributed by atoms with Gasteiger partial charge in [-0.1, -0.05) is 0 Å². The fraction of sp³-hybridized carbons (Fsp3) is 0.250. The predicted molar refractivity (Wildman–Crippen MR) is 76.5 cm³/mol. The Balaban J connectivity index is 2.06. The zero-order valence-corrected chi connectivity index (χ0v) is 11.6. The lowest BCUT2D eigenvalue weighted by Gasteiger charge is -2.11. The molecule has 100 valence electrons. The van der Waals surface area contributed by atoms with Gasteiger partial charge in [0.25, 0.3) is 5.91 Å². The van der Waals surface area contributed by atoms with Crippen molar-refractivity contribution in [1.29, 1.82) is 0 Å². The highest BCUT2D eigenvalue weighted by molar-refractivity contribution is 7.09. The second-order valence-electron chi connectivity index (χ2n) is 4.08. The predicted octanol–water partition coefficient (Wildman–Crippen LogP) is 1.32. The van der Waals surface area contributed by atoms with Gasteiger partial charge in [0.1, 0.15) is 16.5 Å². The fourth-order valence-corrected chi connectivity index (χ4v) is 2.07. The Labute approximate surface area is 115 Å². The van der Waals surface area contributed by atoms with Crippen LogP contribution in [-0.2, 0) is 6.54 Å². The molecule has 0 aliphatic rings. The van der Waals surface area contributed by atoms with Crippen molar-refractivity contribution in [2.45, 2.75) is 6.54 Å². The summed E-state index contributed by atoms with van der Waals surface area (Å²) in [6, 6.07) is 3.64. The number of amides is 1. The molecule has 0 unspecified atom stereocenters. The Hall–Kier alpha value is -1.99. The van der Waals surface area contributed by atoms with Crippen LogP contribution in [-0.4, -0.2) is 30.0 Å². The van der Waals surface area contributed by atoms with Gasteiger partial charge in [-0.25, -0.2) is 9.97 Å². The van der Waals surface area contributed by atoms with E-state index < -0.39 is 0 Å². The molecular weight excluding hydrogens is 262 g/mol. The van der Waals surface area contributed by atoms with E-state index in [-0.39, 0.29) is 5.91 Å². The van der Waals surface area contributed by atoms with Gasteiger partial charge in [0.15, 0.2) is 0 Å². The molecule has 0 aliphatic carbocycles. The first-order chi connectivity index (χ1) is 9.10. The van der Waals surface area contributed by atoms with Gasteiger partial charge in [0, 0.05) is 26.0 Å². The molecule has 1 amide bonds. The smallest absolute Gasteiger partial charge is 0.276 e. The number of pyridine rings is 1. The first-order valence-electron chi connectivity index (χ1n) is 5.69. The number of hydrogen-bond donors (Lipinski definition) is 2. The van der Waals surface area contributed by atoms with Gasteiger partial charge in [-0.05, 0) is 12.1 Å². The number of thiazole rings is 1. The summed E-state index contributed by atoms with van der Waals surface area (Å²) in [5, 5.41) is 5.12. The first-order valence-corrected chi connectivity index (χ1v) is 6.57. The van der Waals surface area contributed by atoms with E-state index in [9.17, 15) is 4.79 Å². The first kappa shape index (κ1) is 13.4. The van der Waals surface area contributed by atoms with Crippen LogP contribution in [0.25, 0.3) is 0 Å². The molecule has 2 aromatic heterocycles. The Kier molecular flexibility index (Phi) is 4.08. The number of aromatic nitrogens is 2. The van der Waals surface area contributed by atoms with Crippen LogP contribution >= 0.6 is 11.3 Å². The number of hydrogen-bond acceptors (Lipinski definition) is 6. The van der Waals surface area contributed by atoms with Crippen molar-refractivity contribution in [2.75, 3.05) is 24.3 Å². The number of carbonyl (C=O) groups is 1. The maximum absolute atomic E-state index is 11.9.